The SMILES string of the molecule is N#Cc1ccccc1NC(=O)C1Cc2cc(Br)ccc2C(=O)O1. The molecule has 0 spiro atoms. The minimum absolute atomic E-state index is 0.293. The number of cyclic esters (lactones) is 1. The Morgan fingerprint density at radius 1 is 1.30 bits per heavy atom. The van der Waals surface area contributed by atoms with Crippen LogP contribution in [0.4, 0.5) is 5.69 Å². The number of carbonyl (C=O) groups excluding carboxylic acids is 2. The van der Waals surface area contributed by atoms with Gasteiger partial charge in [0, 0.05) is 10.9 Å². The summed E-state index contributed by atoms with van der Waals surface area (Å²) in [5, 5.41) is 11.7. The van der Waals surface area contributed by atoms with E-state index in [1.165, 1.54) is 0 Å². The Hall–Kier alpha value is -2.65. The van der Waals surface area contributed by atoms with Crippen molar-refractivity contribution in [2.24, 2.45) is 0 Å². The van der Waals surface area contributed by atoms with Crippen LogP contribution in [0.15, 0.2) is 46.9 Å². The first-order valence-electron chi connectivity index (χ1n) is 6.88. The number of nitriles is 1. The number of nitrogens with one attached hydrogen (secondary N) is 1. The van der Waals surface area contributed by atoms with Gasteiger partial charge < -0.3 is 10.1 Å². The van der Waals surface area contributed by atoms with Gasteiger partial charge in [-0.1, -0.05) is 28.1 Å². The van der Waals surface area contributed by atoms with Gasteiger partial charge in [0.05, 0.1) is 16.8 Å². The summed E-state index contributed by atoms with van der Waals surface area (Å²) >= 11 is 3.35. The van der Waals surface area contributed by atoms with E-state index in [0.29, 0.717) is 23.2 Å². The number of fused-ring (bicyclic) bond motifs is 1. The van der Waals surface area contributed by atoms with E-state index in [0.717, 1.165) is 10.0 Å². The molecule has 3 rings (SSSR count). The number of hydrogen-bond acceptors (Lipinski definition) is 4. The summed E-state index contributed by atoms with van der Waals surface area (Å²) < 4.78 is 6.04. The molecule has 1 amide bonds. The summed E-state index contributed by atoms with van der Waals surface area (Å²) in [6.07, 6.45) is -0.628. The van der Waals surface area contributed by atoms with Gasteiger partial charge in [-0.05, 0) is 35.9 Å². The van der Waals surface area contributed by atoms with Gasteiger partial charge in [0.1, 0.15) is 6.07 Å². The second-order valence-corrected chi connectivity index (χ2v) is 5.96. The molecule has 0 saturated heterocycles. The van der Waals surface area contributed by atoms with Crippen LogP contribution in [0.2, 0.25) is 0 Å². The first-order chi connectivity index (χ1) is 11.1. The third kappa shape index (κ3) is 3.10. The molecule has 0 aliphatic carbocycles. The Kier molecular flexibility index (Phi) is 4.13. The van der Waals surface area contributed by atoms with Crippen LogP contribution in [0.3, 0.4) is 0 Å². The smallest absolute Gasteiger partial charge is 0.339 e. The molecule has 0 saturated carbocycles. The van der Waals surface area contributed by atoms with Crippen LogP contribution >= 0.6 is 15.9 Å². The van der Waals surface area contributed by atoms with Crippen molar-refractivity contribution in [3.8, 4) is 6.07 Å². The minimum Gasteiger partial charge on any atom is -0.448 e. The average molecular weight is 371 g/mol. The second kappa shape index (κ2) is 6.23. The summed E-state index contributed by atoms with van der Waals surface area (Å²) in [6, 6.07) is 13.9. The van der Waals surface area contributed by atoms with Gasteiger partial charge in [0.15, 0.2) is 6.10 Å². The van der Waals surface area contributed by atoms with Gasteiger partial charge >= 0.3 is 5.97 Å². The fourth-order valence-corrected chi connectivity index (χ4v) is 2.82. The lowest BCUT2D eigenvalue weighted by Crippen LogP contribution is -2.38. The predicted molar refractivity (Wildman–Crippen MR) is 86.8 cm³/mol. The van der Waals surface area contributed by atoms with E-state index in [2.05, 4.69) is 21.2 Å². The number of nitrogens with zero attached hydrogens (tertiary/aromatic N) is 1. The van der Waals surface area contributed by atoms with E-state index in [1.54, 1.807) is 42.5 Å². The molecule has 23 heavy (non-hydrogen) atoms. The normalized spacial score (nSPS) is 16.0. The molecule has 0 fully saturated rings. The van der Waals surface area contributed by atoms with E-state index in [-0.39, 0.29) is 0 Å². The summed E-state index contributed by atoms with van der Waals surface area (Å²) in [5.74, 6) is -0.973. The highest BCUT2D eigenvalue weighted by atomic mass is 79.9. The third-order valence-corrected chi connectivity index (χ3v) is 4.03. The number of hydrogen-bond donors (Lipinski definition) is 1. The van der Waals surface area contributed by atoms with Crippen molar-refractivity contribution in [2.45, 2.75) is 12.5 Å². The number of esters is 1. The van der Waals surface area contributed by atoms with Gasteiger partial charge in [0.25, 0.3) is 5.91 Å². The van der Waals surface area contributed by atoms with Crippen LogP contribution in [-0.2, 0) is 16.0 Å². The molecule has 114 valence electrons. The first-order valence-corrected chi connectivity index (χ1v) is 7.67. The first kappa shape index (κ1) is 15.3. The van der Waals surface area contributed by atoms with Crippen molar-refractivity contribution >= 4 is 33.5 Å². The lowest BCUT2D eigenvalue weighted by molar-refractivity contribution is -0.125. The Morgan fingerprint density at radius 3 is 2.87 bits per heavy atom. The van der Waals surface area contributed by atoms with Crippen LogP contribution < -0.4 is 5.32 Å². The highest BCUT2D eigenvalue weighted by Gasteiger charge is 2.31. The number of carbonyl (C=O) groups is 2. The van der Waals surface area contributed by atoms with Gasteiger partial charge in [-0.25, -0.2) is 4.79 Å². The van der Waals surface area contributed by atoms with Crippen molar-refractivity contribution in [2.75, 3.05) is 5.32 Å². The molecule has 1 aliphatic heterocycles. The summed E-state index contributed by atoms with van der Waals surface area (Å²) in [4.78, 5) is 24.4. The van der Waals surface area contributed by atoms with Crippen molar-refractivity contribution < 1.29 is 14.3 Å². The Bertz CT molecular complexity index is 842. The number of halogens is 1. The highest BCUT2D eigenvalue weighted by molar-refractivity contribution is 9.10. The monoisotopic (exact) mass is 370 g/mol. The average Bonchev–Trinajstić information content (AvgIpc) is 2.54. The number of para-hydroxylation sites is 1. The topological polar surface area (TPSA) is 79.2 Å². The van der Waals surface area contributed by atoms with Crippen LogP contribution in [0, 0.1) is 11.3 Å². The molecule has 6 heteroatoms. The minimum atomic E-state index is -0.920. The number of amides is 1. The zero-order chi connectivity index (χ0) is 16.4. The quantitative estimate of drug-likeness (QED) is 0.823. The van der Waals surface area contributed by atoms with Crippen molar-refractivity contribution in [1.82, 2.24) is 0 Å². The van der Waals surface area contributed by atoms with Gasteiger partial charge in [0.2, 0.25) is 0 Å². The molecule has 1 aliphatic rings. The van der Waals surface area contributed by atoms with E-state index >= 15 is 0 Å². The number of anilines is 1. The van der Waals surface area contributed by atoms with E-state index in [4.69, 9.17) is 10.00 Å². The predicted octanol–water partition coefficient (Wildman–Crippen LogP) is 3.04. The number of ether oxygens (including phenoxy) is 1. The Balaban J connectivity index is 1.82. The van der Waals surface area contributed by atoms with Crippen LogP contribution in [0.5, 0.6) is 0 Å². The fourth-order valence-electron chi connectivity index (χ4n) is 2.41. The van der Waals surface area contributed by atoms with Crippen LogP contribution in [-0.4, -0.2) is 18.0 Å². The Labute approximate surface area is 141 Å². The maximum atomic E-state index is 12.4. The van der Waals surface area contributed by atoms with Crippen LogP contribution in [0.25, 0.3) is 0 Å². The summed E-state index contributed by atoms with van der Waals surface area (Å²) in [7, 11) is 0. The molecule has 0 aromatic heterocycles. The molecular weight excluding hydrogens is 360 g/mol. The van der Waals surface area contributed by atoms with Gasteiger partial charge in [-0.15, -0.1) is 0 Å². The molecule has 1 atom stereocenters. The highest BCUT2D eigenvalue weighted by Crippen LogP contribution is 2.25. The van der Waals surface area contributed by atoms with Crippen molar-refractivity contribution in [3.63, 3.8) is 0 Å². The van der Waals surface area contributed by atoms with Crippen LogP contribution in [0.1, 0.15) is 21.5 Å². The molecule has 5 nitrogen and oxygen atoms in total. The maximum absolute atomic E-state index is 12.4. The molecule has 2 aromatic carbocycles. The third-order valence-electron chi connectivity index (χ3n) is 3.54. The van der Waals surface area contributed by atoms with Gasteiger partial charge in [-0.3, -0.25) is 4.79 Å². The molecule has 1 N–H and O–H groups in total. The lowest BCUT2D eigenvalue weighted by atomic mass is 9.98. The Morgan fingerprint density at radius 2 is 2.09 bits per heavy atom. The lowest BCUT2D eigenvalue weighted by Gasteiger charge is -2.24. The van der Waals surface area contributed by atoms with Gasteiger partial charge in [-0.2, -0.15) is 5.26 Å². The van der Waals surface area contributed by atoms with Crippen molar-refractivity contribution in [1.29, 1.82) is 5.26 Å². The molecule has 0 radical (unpaired) electrons. The maximum Gasteiger partial charge on any atom is 0.339 e. The largest absolute Gasteiger partial charge is 0.448 e. The van der Waals surface area contributed by atoms with E-state index < -0.39 is 18.0 Å². The number of benzene rings is 2. The molecule has 2 aromatic rings. The molecule has 1 heterocycles. The standard InChI is InChI=1S/C17H11BrN2O3/c18-12-5-6-13-11(7-12)8-15(23-17(13)22)16(21)20-14-4-2-1-3-10(14)9-19/h1-7,15H,8H2,(H,20,21). The second-order valence-electron chi connectivity index (χ2n) is 5.05. The van der Waals surface area contributed by atoms with E-state index in [1.807, 2.05) is 6.07 Å². The number of rotatable bonds is 2. The summed E-state index contributed by atoms with van der Waals surface area (Å²) in [5.41, 5.74) is 1.97. The zero-order valence-electron chi connectivity index (χ0n) is 11.9. The molecule has 0 bridgehead atoms. The molecular formula is C17H11BrN2O3. The van der Waals surface area contributed by atoms with Crippen molar-refractivity contribution in [3.05, 3.63) is 63.6 Å². The fraction of sp³-hybridized carbons (Fsp3) is 0.118. The summed E-state index contributed by atoms with van der Waals surface area (Å²) in [6.45, 7) is 0. The zero-order valence-corrected chi connectivity index (χ0v) is 13.5. The van der Waals surface area contributed by atoms with E-state index in [9.17, 15) is 9.59 Å². The molecule has 1 unspecified atom stereocenters.